The summed E-state index contributed by atoms with van der Waals surface area (Å²) < 4.78 is 0. The van der Waals surface area contributed by atoms with Crippen molar-refractivity contribution in [3.63, 3.8) is 0 Å². The zero-order chi connectivity index (χ0) is 11.1. The smallest absolute Gasteiger partial charge is 0.0705 e. The Bertz CT molecular complexity index is 258. The maximum Gasteiger partial charge on any atom is 0.0705 e. The normalized spacial score (nSPS) is 13.1. The van der Waals surface area contributed by atoms with Crippen LogP contribution in [0.4, 0.5) is 0 Å². The molecule has 1 rings (SSSR count). The third-order valence-electron chi connectivity index (χ3n) is 2.25. The van der Waals surface area contributed by atoms with Crippen molar-refractivity contribution >= 4 is 0 Å². The summed E-state index contributed by atoms with van der Waals surface area (Å²) in [4.78, 5) is 5.45. The van der Waals surface area contributed by atoms with Crippen LogP contribution in [0.2, 0.25) is 0 Å². The zero-order valence-electron chi connectivity index (χ0n) is 9.86. The summed E-state index contributed by atoms with van der Waals surface area (Å²) >= 11 is 0. The Morgan fingerprint density at radius 1 is 1.20 bits per heavy atom. The van der Waals surface area contributed by atoms with Crippen molar-refractivity contribution in [2.75, 3.05) is 6.61 Å². The monoisotopic (exact) mass is 207 g/mol. The van der Waals surface area contributed by atoms with Crippen LogP contribution >= 0.6 is 0 Å². The highest BCUT2D eigenvalue weighted by molar-refractivity contribution is 5.18. The van der Waals surface area contributed by atoms with E-state index >= 15 is 0 Å². The molecule has 1 aromatic rings. The van der Waals surface area contributed by atoms with Crippen molar-refractivity contribution in [2.45, 2.75) is 33.2 Å². The lowest BCUT2D eigenvalue weighted by Gasteiger charge is -2.17. The summed E-state index contributed by atoms with van der Waals surface area (Å²) in [6.07, 6.45) is 1.03. The molecule has 0 radical (unpaired) electrons. The first-order valence-corrected chi connectivity index (χ1v) is 5.66. The molecule has 1 aromatic carbocycles. The van der Waals surface area contributed by atoms with E-state index in [9.17, 15) is 0 Å². The molecule has 0 fully saturated rings. The summed E-state index contributed by atoms with van der Waals surface area (Å²) in [6.45, 7) is 7.20. The Morgan fingerprint density at radius 3 is 2.40 bits per heavy atom. The Balaban J connectivity index is 2.43. The topological polar surface area (TPSA) is 21.3 Å². The van der Waals surface area contributed by atoms with Crippen LogP contribution in [0.15, 0.2) is 30.3 Å². The van der Waals surface area contributed by atoms with Crippen LogP contribution in [-0.4, -0.2) is 6.61 Å². The number of nitrogens with one attached hydrogen (secondary N) is 1. The van der Waals surface area contributed by atoms with Crippen molar-refractivity contribution in [1.82, 2.24) is 5.48 Å². The summed E-state index contributed by atoms with van der Waals surface area (Å²) in [5.74, 6) is 0.561. The molecule has 2 heteroatoms. The minimum absolute atomic E-state index is 0.296. The van der Waals surface area contributed by atoms with E-state index in [1.165, 1.54) is 5.56 Å². The summed E-state index contributed by atoms with van der Waals surface area (Å²) in [5.41, 5.74) is 4.40. The number of hydroxylamine groups is 1. The van der Waals surface area contributed by atoms with E-state index in [4.69, 9.17) is 4.84 Å². The second-order valence-corrected chi connectivity index (χ2v) is 4.19. The minimum Gasteiger partial charge on any atom is -0.301 e. The molecular formula is C13H21NO. The van der Waals surface area contributed by atoms with Gasteiger partial charge in [-0.15, -0.1) is 0 Å². The lowest BCUT2D eigenvalue weighted by atomic mass is 10.1. The zero-order valence-corrected chi connectivity index (χ0v) is 9.86. The molecule has 15 heavy (non-hydrogen) atoms. The Morgan fingerprint density at radius 2 is 1.87 bits per heavy atom. The fourth-order valence-corrected chi connectivity index (χ4v) is 1.39. The highest BCUT2D eigenvalue weighted by Gasteiger charge is 2.08. The van der Waals surface area contributed by atoms with Gasteiger partial charge in [0.25, 0.3) is 0 Å². The first-order chi connectivity index (χ1) is 7.24. The van der Waals surface area contributed by atoms with E-state index in [-0.39, 0.29) is 0 Å². The molecule has 0 aliphatic carbocycles. The van der Waals surface area contributed by atoms with Crippen LogP contribution in [0.1, 0.15) is 38.8 Å². The highest BCUT2D eigenvalue weighted by atomic mass is 16.6. The van der Waals surface area contributed by atoms with E-state index in [2.05, 4.69) is 50.5 Å². The summed E-state index contributed by atoms with van der Waals surface area (Å²) in [6, 6.07) is 10.7. The fraction of sp³-hybridized carbons (Fsp3) is 0.538. The molecule has 1 N–H and O–H groups in total. The summed E-state index contributed by atoms with van der Waals surface area (Å²) in [7, 11) is 0. The molecule has 0 aliphatic rings. The molecule has 2 nitrogen and oxygen atoms in total. The molecule has 0 heterocycles. The minimum atomic E-state index is 0.296. The van der Waals surface area contributed by atoms with Crippen molar-refractivity contribution in [2.24, 2.45) is 5.92 Å². The van der Waals surface area contributed by atoms with Crippen LogP contribution in [0.3, 0.4) is 0 Å². The number of hydrogen-bond acceptors (Lipinski definition) is 2. The van der Waals surface area contributed by atoms with Gasteiger partial charge in [-0.1, -0.05) is 51.1 Å². The molecule has 0 aromatic heterocycles. The van der Waals surface area contributed by atoms with Gasteiger partial charge in [0.1, 0.15) is 0 Å². The summed E-state index contributed by atoms with van der Waals surface area (Å²) in [5, 5.41) is 0. The highest BCUT2D eigenvalue weighted by Crippen LogP contribution is 2.15. The van der Waals surface area contributed by atoms with Gasteiger partial charge in [-0.25, -0.2) is 0 Å². The Labute approximate surface area is 92.6 Å². The van der Waals surface area contributed by atoms with Gasteiger partial charge in [-0.05, 0) is 17.9 Å². The van der Waals surface area contributed by atoms with Crippen LogP contribution in [0.5, 0.6) is 0 Å². The second-order valence-electron chi connectivity index (χ2n) is 4.19. The van der Waals surface area contributed by atoms with Crippen LogP contribution < -0.4 is 5.48 Å². The van der Waals surface area contributed by atoms with Gasteiger partial charge >= 0.3 is 0 Å². The van der Waals surface area contributed by atoms with Crippen molar-refractivity contribution < 1.29 is 4.84 Å². The Hall–Kier alpha value is -0.860. The van der Waals surface area contributed by atoms with Gasteiger partial charge in [-0.2, -0.15) is 5.48 Å². The molecule has 0 amide bonds. The lowest BCUT2D eigenvalue weighted by molar-refractivity contribution is -0.000581. The third-order valence-corrected chi connectivity index (χ3v) is 2.25. The molecule has 0 saturated carbocycles. The van der Waals surface area contributed by atoms with E-state index < -0.39 is 0 Å². The van der Waals surface area contributed by atoms with Gasteiger partial charge in [0.2, 0.25) is 0 Å². The standard InChI is InChI=1S/C13H21NO/c1-4-13(14-15-10-11(2)3)12-8-6-5-7-9-12/h5-9,11,13-14H,4,10H2,1-3H3. The van der Waals surface area contributed by atoms with E-state index in [1.807, 2.05) is 6.07 Å². The van der Waals surface area contributed by atoms with Gasteiger partial charge < -0.3 is 4.84 Å². The maximum absolute atomic E-state index is 5.45. The predicted octanol–water partition coefficient (Wildman–Crippen LogP) is 3.31. The van der Waals surface area contributed by atoms with Gasteiger partial charge in [0.15, 0.2) is 0 Å². The fourth-order valence-electron chi connectivity index (χ4n) is 1.39. The molecule has 0 saturated heterocycles. The average Bonchev–Trinajstić information content (AvgIpc) is 2.25. The maximum atomic E-state index is 5.45. The number of benzene rings is 1. The van der Waals surface area contributed by atoms with Crippen molar-refractivity contribution in [1.29, 1.82) is 0 Å². The number of rotatable bonds is 6. The predicted molar refractivity (Wildman–Crippen MR) is 63.4 cm³/mol. The molecule has 0 bridgehead atoms. The molecule has 84 valence electrons. The van der Waals surface area contributed by atoms with Gasteiger partial charge in [0, 0.05) is 0 Å². The molecule has 1 unspecified atom stereocenters. The molecule has 0 aliphatic heterocycles. The van der Waals surface area contributed by atoms with E-state index in [1.54, 1.807) is 0 Å². The lowest BCUT2D eigenvalue weighted by Crippen LogP contribution is -2.23. The number of hydrogen-bond donors (Lipinski definition) is 1. The second kappa shape index (κ2) is 6.59. The van der Waals surface area contributed by atoms with Crippen LogP contribution in [0, 0.1) is 5.92 Å². The third kappa shape index (κ3) is 4.45. The molecule has 1 atom stereocenters. The van der Waals surface area contributed by atoms with Crippen molar-refractivity contribution in [3.8, 4) is 0 Å². The Kier molecular flexibility index (Phi) is 5.37. The first-order valence-electron chi connectivity index (χ1n) is 5.66. The van der Waals surface area contributed by atoms with Crippen molar-refractivity contribution in [3.05, 3.63) is 35.9 Å². The first kappa shape index (κ1) is 12.2. The van der Waals surface area contributed by atoms with Gasteiger partial charge in [0.05, 0.1) is 12.6 Å². The molecule has 0 spiro atoms. The average molecular weight is 207 g/mol. The quantitative estimate of drug-likeness (QED) is 0.722. The van der Waals surface area contributed by atoms with Crippen LogP contribution in [-0.2, 0) is 4.84 Å². The SMILES string of the molecule is CCC(NOCC(C)C)c1ccccc1. The largest absolute Gasteiger partial charge is 0.301 e. The van der Waals surface area contributed by atoms with E-state index in [0.717, 1.165) is 13.0 Å². The molecular weight excluding hydrogens is 186 g/mol. The van der Waals surface area contributed by atoms with E-state index in [0.29, 0.717) is 12.0 Å². The van der Waals surface area contributed by atoms with Gasteiger partial charge in [-0.3, -0.25) is 0 Å². The van der Waals surface area contributed by atoms with Crippen LogP contribution in [0.25, 0.3) is 0 Å².